The van der Waals surface area contributed by atoms with Gasteiger partial charge in [-0.3, -0.25) is 0 Å². The Morgan fingerprint density at radius 2 is 2.40 bits per heavy atom. The van der Waals surface area contributed by atoms with Crippen LogP contribution in [0.25, 0.3) is 0 Å². The van der Waals surface area contributed by atoms with Crippen LogP contribution in [0.3, 0.4) is 0 Å². The number of rotatable bonds is 2. The molecule has 2 rings (SSSR count). The number of carbonyl (C=O) groups is 1. The molecule has 0 bridgehead atoms. The van der Waals surface area contributed by atoms with Gasteiger partial charge in [-0.15, -0.1) is 0 Å². The van der Waals surface area contributed by atoms with Gasteiger partial charge in [0, 0.05) is 12.0 Å². The van der Waals surface area contributed by atoms with E-state index in [2.05, 4.69) is 4.74 Å². The van der Waals surface area contributed by atoms with Crippen LogP contribution in [0, 0.1) is 0 Å². The van der Waals surface area contributed by atoms with Crippen LogP contribution in [0.1, 0.15) is 17.2 Å². The van der Waals surface area contributed by atoms with Crippen molar-refractivity contribution in [3.63, 3.8) is 0 Å². The lowest BCUT2D eigenvalue weighted by Gasteiger charge is -2.12. The molecule has 0 radical (unpaired) electrons. The first kappa shape index (κ1) is 9.98. The largest absolute Gasteiger partial charge is 0.493 e. The Balaban J connectivity index is 2.36. The van der Waals surface area contributed by atoms with Gasteiger partial charge in [0.05, 0.1) is 13.7 Å². The summed E-state index contributed by atoms with van der Waals surface area (Å²) in [6.07, 6.45) is -0.445. The van der Waals surface area contributed by atoms with Crippen LogP contribution < -0.4 is 4.74 Å². The zero-order valence-electron chi connectivity index (χ0n) is 8.40. The Morgan fingerprint density at radius 3 is 3.13 bits per heavy atom. The van der Waals surface area contributed by atoms with E-state index in [4.69, 9.17) is 4.74 Å². The van der Waals surface area contributed by atoms with E-state index in [9.17, 15) is 9.90 Å². The van der Waals surface area contributed by atoms with Gasteiger partial charge in [-0.1, -0.05) is 18.2 Å². The maximum atomic E-state index is 11.2. The Hall–Kier alpha value is -1.55. The average Bonchev–Trinajstić information content (AvgIpc) is 2.74. The zero-order valence-corrected chi connectivity index (χ0v) is 8.40. The average molecular weight is 208 g/mol. The highest BCUT2D eigenvalue weighted by Gasteiger charge is 2.25. The van der Waals surface area contributed by atoms with E-state index < -0.39 is 12.1 Å². The highest BCUT2D eigenvalue weighted by Crippen LogP contribution is 2.33. The maximum Gasteiger partial charge on any atom is 0.339 e. The van der Waals surface area contributed by atoms with Crippen molar-refractivity contribution in [2.75, 3.05) is 13.7 Å². The molecule has 15 heavy (non-hydrogen) atoms. The third kappa shape index (κ3) is 1.68. The van der Waals surface area contributed by atoms with Crippen molar-refractivity contribution in [3.05, 3.63) is 29.3 Å². The number of hydrogen-bond acceptors (Lipinski definition) is 4. The summed E-state index contributed by atoms with van der Waals surface area (Å²) in [5.74, 6) is -0.0469. The second-order valence-corrected chi connectivity index (χ2v) is 3.36. The molecule has 4 nitrogen and oxygen atoms in total. The number of aliphatic hydroxyl groups excluding tert-OH is 1. The fourth-order valence-electron chi connectivity index (χ4n) is 1.69. The second-order valence-electron chi connectivity index (χ2n) is 3.36. The minimum absolute atomic E-state index is 0.483. The Bertz CT molecular complexity index is 386. The molecular formula is C11H12O4. The summed E-state index contributed by atoms with van der Waals surface area (Å²) in [5, 5.41) is 9.70. The number of esters is 1. The number of ether oxygens (including phenoxy) is 2. The fourth-order valence-corrected chi connectivity index (χ4v) is 1.69. The molecule has 0 amide bonds. The quantitative estimate of drug-likeness (QED) is 0.731. The molecule has 0 aromatic heterocycles. The Morgan fingerprint density at radius 1 is 1.60 bits per heavy atom. The fraction of sp³-hybridized carbons (Fsp3) is 0.364. The van der Waals surface area contributed by atoms with Gasteiger partial charge in [-0.25, -0.2) is 4.79 Å². The first-order chi connectivity index (χ1) is 7.24. The summed E-state index contributed by atoms with van der Waals surface area (Å²) in [5.41, 5.74) is 1.51. The van der Waals surface area contributed by atoms with Crippen molar-refractivity contribution in [3.8, 4) is 5.75 Å². The summed E-state index contributed by atoms with van der Waals surface area (Å²) in [6, 6.07) is 5.40. The minimum atomic E-state index is -1.26. The molecule has 0 fully saturated rings. The number of benzene rings is 1. The van der Waals surface area contributed by atoms with Gasteiger partial charge in [0.2, 0.25) is 0 Å². The summed E-state index contributed by atoms with van der Waals surface area (Å²) in [4.78, 5) is 11.2. The van der Waals surface area contributed by atoms with Crippen LogP contribution in [0.4, 0.5) is 0 Å². The van der Waals surface area contributed by atoms with Crippen molar-refractivity contribution in [1.29, 1.82) is 0 Å². The molecule has 1 aromatic rings. The van der Waals surface area contributed by atoms with Crippen LogP contribution in [0.15, 0.2) is 18.2 Å². The number of para-hydroxylation sites is 1. The third-order valence-corrected chi connectivity index (χ3v) is 2.46. The van der Waals surface area contributed by atoms with Gasteiger partial charge in [-0.2, -0.15) is 0 Å². The molecule has 4 heteroatoms. The van der Waals surface area contributed by atoms with Crippen molar-refractivity contribution in [2.45, 2.75) is 12.5 Å². The van der Waals surface area contributed by atoms with Gasteiger partial charge in [0.15, 0.2) is 6.10 Å². The molecule has 1 aromatic carbocycles. The van der Waals surface area contributed by atoms with Crippen molar-refractivity contribution in [1.82, 2.24) is 0 Å². The first-order valence-electron chi connectivity index (χ1n) is 4.74. The number of methoxy groups -OCH3 is 1. The van der Waals surface area contributed by atoms with Gasteiger partial charge in [-0.05, 0) is 5.56 Å². The standard InChI is InChI=1S/C11H12O4/c1-14-11(13)9(12)8-4-2-3-7-5-6-15-10(7)8/h2-4,9,12H,5-6H2,1H3. The van der Waals surface area contributed by atoms with Crippen molar-refractivity contribution >= 4 is 5.97 Å². The second kappa shape index (κ2) is 3.90. The van der Waals surface area contributed by atoms with Gasteiger partial charge in [0.1, 0.15) is 5.75 Å². The molecule has 0 saturated carbocycles. The SMILES string of the molecule is COC(=O)C(O)c1cccc2c1OCC2. The lowest BCUT2D eigenvalue weighted by Crippen LogP contribution is -2.14. The van der Waals surface area contributed by atoms with E-state index in [-0.39, 0.29) is 0 Å². The van der Waals surface area contributed by atoms with E-state index in [1.54, 1.807) is 12.1 Å². The summed E-state index contributed by atoms with van der Waals surface area (Å²) < 4.78 is 9.86. The molecule has 1 atom stereocenters. The number of hydrogen-bond donors (Lipinski definition) is 1. The van der Waals surface area contributed by atoms with E-state index in [0.717, 1.165) is 12.0 Å². The summed E-state index contributed by atoms with van der Waals surface area (Å²) >= 11 is 0. The van der Waals surface area contributed by atoms with Crippen LogP contribution in [-0.4, -0.2) is 24.8 Å². The molecule has 80 valence electrons. The van der Waals surface area contributed by atoms with Crippen LogP contribution in [-0.2, 0) is 16.0 Å². The third-order valence-electron chi connectivity index (χ3n) is 2.46. The predicted octanol–water partition coefficient (Wildman–Crippen LogP) is 0.828. The van der Waals surface area contributed by atoms with Crippen LogP contribution >= 0.6 is 0 Å². The van der Waals surface area contributed by atoms with Gasteiger partial charge < -0.3 is 14.6 Å². The lowest BCUT2D eigenvalue weighted by molar-refractivity contribution is -0.150. The lowest BCUT2D eigenvalue weighted by atomic mass is 10.0. The highest BCUT2D eigenvalue weighted by molar-refractivity contribution is 5.77. The van der Waals surface area contributed by atoms with E-state index in [1.165, 1.54) is 7.11 Å². The molecule has 1 N–H and O–H groups in total. The predicted molar refractivity (Wildman–Crippen MR) is 52.6 cm³/mol. The minimum Gasteiger partial charge on any atom is -0.493 e. The Kier molecular flexibility index (Phi) is 2.60. The monoisotopic (exact) mass is 208 g/mol. The number of carbonyl (C=O) groups excluding carboxylic acids is 1. The van der Waals surface area contributed by atoms with Crippen molar-refractivity contribution in [2.24, 2.45) is 0 Å². The van der Waals surface area contributed by atoms with Crippen LogP contribution in [0.2, 0.25) is 0 Å². The smallest absolute Gasteiger partial charge is 0.339 e. The van der Waals surface area contributed by atoms with E-state index in [0.29, 0.717) is 17.9 Å². The van der Waals surface area contributed by atoms with Gasteiger partial charge >= 0.3 is 5.97 Å². The van der Waals surface area contributed by atoms with Crippen molar-refractivity contribution < 1.29 is 19.4 Å². The van der Waals surface area contributed by atoms with E-state index >= 15 is 0 Å². The molecular weight excluding hydrogens is 196 g/mol. The number of fused-ring (bicyclic) bond motifs is 1. The maximum absolute atomic E-state index is 11.2. The molecule has 0 saturated heterocycles. The molecule has 1 aliphatic rings. The number of aliphatic hydroxyl groups is 1. The van der Waals surface area contributed by atoms with E-state index in [1.807, 2.05) is 6.07 Å². The molecule has 1 aliphatic heterocycles. The molecule has 0 aliphatic carbocycles. The summed E-state index contributed by atoms with van der Waals surface area (Å²) in [6.45, 7) is 0.597. The van der Waals surface area contributed by atoms with Crippen LogP contribution in [0.5, 0.6) is 5.75 Å². The van der Waals surface area contributed by atoms with Gasteiger partial charge in [0.25, 0.3) is 0 Å². The zero-order chi connectivity index (χ0) is 10.8. The normalized spacial score (nSPS) is 15.3. The molecule has 1 heterocycles. The summed E-state index contributed by atoms with van der Waals surface area (Å²) in [7, 11) is 1.25. The Labute approximate surface area is 87.4 Å². The highest BCUT2D eigenvalue weighted by atomic mass is 16.5. The topological polar surface area (TPSA) is 55.8 Å². The first-order valence-corrected chi connectivity index (χ1v) is 4.74. The molecule has 1 unspecified atom stereocenters. The molecule has 0 spiro atoms.